The summed E-state index contributed by atoms with van der Waals surface area (Å²) in [6, 6.07) is 5.81. The van der Waals surface area contributed by atoms with Crippen molar-refractivity contribution >= 4 is 14.4 Å². The van der Waals surface area contributed by atoms with E-state index in [1.165, 1.54) is 0 Å². The molecule has 0 saturated heterocycles. The maximum Gasteiger partial charge on any atom is 0.250 e. The third kappa shape index (κ3) is 4.69. The maximum absolute atomic E-state index is 6.59. The van der Waals surface area contributed by atoms with Crippen molar-refractivity contribution in [2.75, 3.05) is 14.2 Å². The Morgan fingerprint density at radius 3 is 2.42 bits per heavy atom. The smallest absolute Gasteiger partial charge is 0.250 e. The first-order valence-corrected chi connectivity index (χ1v) is 11.7. The molecule has 0 aliphatic rings. The van der Waals surface area contributed by atoms with Crippen LogP contribution in [-0.4, -0.2) is 32.7 Å². The molecule has 0 aliphatic heterocycles. The molecule has 2 aromatic rings. The SMILES string of the molecule is COc1cc(/C=C/Cc2ccn[nH]2)c(O[Si](C)(C)C(C)(C)C)c(OC)c1. The molecule has 0 spiro atoms. The highest BCUT2D eigenvalue weighted by molar-refractivity contribution is 6.74. The molecule has 1 aromatic carbocycles. The number of nitrogens with one attached hydrogen (secondary N) is 1. The summed E-state index contributed by atoms with van der Waals surface area (Å²) < 4.78 is 17.6. The second-order valence-corrected chi connectivity index (χ2v) is 12.5. The van der Waals surface area contributed by atoms with Crippen molar-refractivity contribution in [2.24, 2.45) is 0 Å². The summed E-state index contributed by atoms with van der Waals surface area (Å²) in [7, 11) is 1.30. The van der Waals surface area contributed by atoms with E-state index >= 15 is 0 Å². The molecule has 5 nitrogen and oxygen atoms in total. The molecule has 0 fully saturated rings. The lowest BCUT2D eigenvalue weighted by atomic mass is 10.1. The molecule has 0 bridgehead atoms. The first-order valence-electron chi connectivity index (χ1n) is 8.78. The summed E-state index contributed by atoms with van der Waals surface area (Å²) in [5.41, 5.74) is 2.01. The molecule has 0 unspecified atom stereocenters. The Morgan fingerprint density at radius 1 is 1.15 bits per heavy atom. The quantitative estimate of drug-likeness (QED) is 0.688. The highest BCUT2D eigenvalue weighted by Gasteiger charge is 2.40. The average Bonchev–Trinajstić information content (AvgIpc) is 3.08. The van der Waals surface area contributed by atoms with Gasteiger partial charge in [-0.05, 0) is 30.3 Å². The minimum atomic E-state index is -2.02. The van der Waals surface area contributed by atoms with E-state index in [-0.39, 0.29) is 5.04 Å². The summed E-state index contributed by atoms with van der Waals surface area (Å²) in [5.74, 6) is 2.21. The van der Waals surface area contributed by atoms with E-state index in [4.69, 9.17) is 13.9 Å². The molecule has 0 atom stereocenters. The minimum absolute atomic E-state index is 0.0921. The summed E-state index contributed by atoms with van der Waals surface area (Å²) in [6.07, 6.45) is 6.65. The summed E-state index contributed by atoms with van der Waals surface area (Å²) >= 11 is 0. The molecule has 0 saturated carbocycles. The van der Waals surface area contributed by atoms with Crippen molar-refractivity contribution in [3.63, 3.8) is 0 Å². The van der Waals surface area contributed by atoms with Crippen LogP contribution in [0.2, 0.25) is 18.1 Å². The fraction of sp³-hybridized carbons (Fsp3) is 0.450. The van der Waals surface area contributed by atoms with Crippen LogP contribution in [0.4, 0.5) is 0 Å². The van der Waals surface area contributed by atoms with Gasteiger partial charge >= 0.3 is 0 Å². The molecule has 1 aromatic heterocycles. The van der Waals surface area contributed by atoms with Crippen molar-refractivity contribution < 1.29 is 13.9 Å². The zero-order valence-corrected chi connectivity index (χ0v) is 17.8. The van der Waals surface area contributed by atoms with Gasteiger partial charge in [-0.2, -0.15) is 5.10 Å². The third-order valence-electron chi connectivity index (χ3n) is 4.87. The Morgan fingerprint density at radius 2 is 1.88 bits per heavy atom. The predicted octanol–water partition coefficient (Wildman–Crippen LogP) is 5.07. The minimum Gasteiger partial charge on any atom is -0.541 e. The van der Waals surface area contributed by atoms with E-state index in [1.54, 1.807) is 20.4 Å². The van der Waals surface area contributed by atoms with Gasteiger partial charge in [0.15, 0.2) is 11.5 Å². The number of nitrogens with zero attached hydrogens (tertiary/aromatic N) is 1. The van der Waals surface area contributed by atoms with Crippen LogP contribution >= 0.6 is 0 Å². The Hall–Kier alpha value is -2.21. The Kier molecular flexibility index (Phi) is 6.18. The van der Waals surface area contributed by atoms with Crippen molar-refractivity contribution in [3.8, 4) is 17.2 Å². The Balaban J connectivity index is 2.41. The molecule has 1 N–H and O–H groups in total. The van der Waals surface area contributed by atoms with Crippen LogP contribution in [0.15, 0.2) is 30.5 Å². The number of hydrogen-bond acceptors (Lipinski definition) is 4. The molecular weight excluding hydrogens is 344 g/mol. The van der Waals surface area contributed by atoms with Crippen LogP contribution < -0.4 is 13.9 Å². The van der Waals surface area contributed by atoms with Crippen molar-refractivity contribution in [3.05, 3.63) is 41.7 Å². The van der Waals surface area contributed by atoms with Gasteiger partial charge in [-0.1, -0.05) is 32.9 Å². The molecule has 1 heterocycles. The Bertz CT molecular complexity index is 747. The molecule has 0 radical (unpaired) electrons. The van der Waals surface area contributed by atoms with Gasteiger partial charge in [0.05, 0.1) is 14.2 Å². The number of methoxy groups -OCH3 is 2. The van der Waals surface area contributed by atoms with Crippen LogP contribution in [0.1, 0.15) is 32.0 Å². The lowest BCUT2D eigenvalue weighted by molar-refractivity contribution is 0.374. The molecule has 142 valence electrons. The number of aromatic nitrogens is 2. The van der Waals surface area contributed by atoms with Gasteiger partial charge in [0.2, 0.25) is 0 Å². The summed E-state index contributed by atoms with van der Waals surface area (Å²) in [5, 5.41) is 7.04. The van der Waals surface area contributed by atoms with E-state index in [2.05, 4.69) is 50.1 Å². The van der Waals surface area contributed by atoms with E-state index in [0.29, 0.717) is 5.75 Å². The molecule has 6 heteroatoms. The average molecular weight is 375 g/mol. The van der Waals surface area contributed by atoms with E-state index in [0.717, 1.165) is 29.2 Å². The van der Waals surface area contributed by atoms with Crippen LogP contribution in [0.25, 0.3) is 6.08 Å². The van der Waals surface area contributed by atoms with E-state index < -0.39 is 8.32 Å². The van der Waals surface area contributed by atoms with Gasteiger partial charge in [0, 0.05) is 29.9 Å². The third-order valence-corrected chi connectivity index (χ3v) is 9.20. The Labute approximate surface area is 157 Å². The zero-order valence-electron chi connectivity index (χ0n) is 16.8. The number of benzene rings is 1. The number of aromatic amines is 1. The number of rotatable bonds is 7. The van der Waals surface area contributed by atoms with Gasteiger partial charge in [-0.15, -0.1) is 0 Å². The highest BCUT2D eigenvalue weighted by Crippen LogP contribution is 2.43. The van der Waals surface area contributed by atoms with Gasteiger partial charge in [-0.25, -0.2) is 0 Å². The molecule has 0 aliphatic carbocycles. The predicted molar refractivity (Wildman–Crippen MR) is 109 cm³/mol. The second kappa shape index (κ2) is 7.99. The van der Waals surface area contributed by atoms with E-state index in [1.807, 2.05) is 24.3 Å². The maximum atomic E-state index is 6.59. The van der Waals surface area contributed by atoms with Gasteiger partial charge in [0.25, 0.3) is 8.32 Å². The standard InChI is InChI=1S/C20H30N2O3Si/c1-20(2,3)26(6,7)25-19-15(9-8-10-16-11-12-21-22-16)13-17(23-4)14-18(19)24-5/h8-9,11-14H,10H2,1-7H3,(H,21,22)/b9-8+. The largest absolute Gasteiger partial charge is 0.541 e. The summed E-state index contributed by atoms with van der Waals surface area (Å²) in [4.78, 5) is 0. The van der Waals surface area contributed by atoms with E-state index in [9.17, 15) is 0 Å². The van der Waals surface area contributed by atoms with Crippen LogP contribution in [0.3, 0.4) is 0 Å². The monoisotopic (exact) mass is 374 g/mol. The number of allylic oxidation sites excluding steroid dienone is 1. The van der Waals surface area contributed by atoms with Gasteiger partial charge in [-0.3, -0.25) is 5.10 Å². The first-order chi connectivity index (χ1) is 12.2. The molecule has 26 heavy (non-hydrogen) atoms. The molecular formula is C20H30N2O3Si. The van der Waals surface area contributed by atoms with Crippen molar-refractivity contribution in [1.29, 1.82) is 0 Å². The van der Waals surface area contributed by atoms with Crippen molar-refractivity contribution in [1.82, 2.24) is 10.2 Å². The lowest BCUT2D eigenvalue weighted by Gasteiger charge is -2.37. The summed E-state index contributed by atoms with van der Waals surface area (Å²) in [6.45, 7) is 11.1. The first kappa shape index (κ1) is 20.1. The van der Waals surface area contributed by atoms with Crippen molar-refractivity contribution in [2.45, 2.75) is 45.3 Å². The molecule has 2 rings (SSSR count). The molecule has 0 amide bonds. The van der Waals surface area contributed by atoms with Gasteiger partial charge in [0.1, 0.15) is 5.75 Å². The number of H-pyrrole nitrogens is 1. The topological polar surface area (TPSA) is 56.4 Å². The van der Waals surface area contributed by atoms with Crippen LogP contribution in [0, 0.1) is 0 Å². The lowest BCUT2D eigenvalue weighted by Crippen LogP contribution is -2.44. The second-order valence-electron chi connectivity index (χ2n) is 7.80. The van der Waals surface area contributed by atoms with Crippen LogP contribution in [-0.2, 0) is 6.42 Å². The number of hydrogen-bond donors (Lipinski definition) is 1. The van der Waals surface area contributed by atoms with Crippen LogP contribution in [0.5, 0.6) is 17.2 Å². The van der Waals surface area contributed by atoms with Gasteiger partial charge < -0.3 is 13.9 Å². The number of ether oxygens (including phenoxy) is 2. The fourth-order valence-corrected chi connectivity index (χ4v) is 3.25. The zero-order chi connectivity index (χ0) is 19.4. The fourth-order valence-electron chi connectivity index (χ4n) is 2.22. The highest BCUT2D eigenvalue weighted by atomic mass is 28.4. The normalized spacial score (nSPS) is 12.4.